The number of benzene rings is 4. The zero-order valence-corrected chi connectivity index (χ0v) is 21.3. The van der Waals surface area contributed by atoms with Gasteiger partial charge < -0.3 is 4.74 Å². The number of nitrogens with zero attached hydrogens (tertiary/aromatic N) is 1. The van der Waals surface area contributed by atoms with E-state index in [-0.39, 0.29) is 12.1 Å². The Morgan fingerprint density at radius 3 is 1.53 bits per heavy atom. The molecule has 5 heteroatoms. The molecule has 0 aromatic heterocycles. The summed E-state index contributed by atoms with van der Waals surface area (Å²) in [4.78, 5) is 28.9. The molecule has 1 atom stereocenters. The fourth-order valence-corrected chi connectivity index (χ4v) is 9.27. The molecule has 0 radical (unpaired) electrons. The van der Waals surface area contributed by atoms with Gasteiger partial charge in [0.05, 0.1) is 0 Å². The minimum absolute atomic E-state index is 0.180. The number of imide groups is 1. The van der Waals surface area contributed by atoms with E-state index in [1.54, 1.807) is 0 Å². The third-order valence-electron chi connectivity index (χ3n) is 6.81. The van der Waals surface area contributed by atoms with Gasteiger partial charge in [0, 0.05) is 0 Å². The molecule has 180 valence electrons. The van der Waals surface area contributed by atoms with E-state index >= 15 is 0 Å². The standard InChI is InChI=1S/C31H29NO3P/c1-31(2)29(24-15-7-3-8-16-24)32(30(34)35-31)28(33)23-36(25-17-9-4-10-18-25,26-19-11-5-12-20-26)27-21-13-6-14-22-27/h3-22,29H,23H2,1-2H3/q+1/t29-/m1/s1. The van der Waals surface area contributed by atoms with Crippen LogP contribution in [-0.4, -0.2) is 28.7 Å². The Bertz CT molecular complexity index is 1250. The van der Waals surface area contributed by atoms with Crippen LogP contribution in [0.25, 0.3) is 0 Å². The van der Waals surface area contributed by atoms with E-state index in [2.05, 4.69) is 36.4 Å². The van der Waals surface area contributed by atoms with E-state index in [0.717, 1.165) is 21.5 Å². The van der Waals surface area contributed by atoms with Gasteiger partial charge in [0.15, 0.2) is 6.16 Å². The SMILES string of the molecule is CC1(C)OC(=O)N(C(=O)C[P+](c2ccccc2)(c2ccccc2)c2ccccc2)[C@@H]1c1ccccc1. The number of ether oxygens (including phenoxy) is 1. The summed E-state index contributed by atoms with van der Waals surface area (Å²) in [6.45, 7) is 3.73. The van der Waals surface area contributed by atoms with Crippen molar-refractivity contribution in [3.05, 3.63) is 127 Å². The van der Waals surface area contributed by atoms with Gasteiger partial charge >= 0.3 is 6.09 Å². The van der Waals surface area contributed by atoms with Crippen LogP contribution in [0.15, 0.2) is 121 Å². The van der Waals surface area contributed by atoms with Crippen molar-refractivity contribution in [2.24, 2.45) is 0 Å². The van der Waals surface area contributed by atoms with Gasteiger partial charge in [-0.2, -0.15) is 0 Å². The van der Waals surface area contributed by atoms with Gasteiger partial charge in [-0.1, -0.05) is 84.9 Å². The van der Waals surface area contributed by atoms with Crippen molar-refractivity contribution in [2.45, 2.75) is 25.5 Å². The molecule has 1 aliphatic heterocycles. The van der Waals surface area contributed by atoms with Crippen LogP contribution in [-0.2, 0) is 9.53 Å². The Morgan fingerprint density at radius 2 is 1.11 bits per heavy atom. The van der Waals surface area contributed by atoms with E-state index in [1.165, 1.54) is 4.90 Å². The Morgan fingerprint density at radius 1 is 0.722 bits per heavy atom. The summed E-state index contributed by atoms with van der Waals surface area (Å²) in [5, 5.41) is 3.29. The second-order valence-electron chi connectivity index (χ2n) is 9.52. The number of cyclic esters (lactones) is 1. The van der Waals surface area contributed by atoms with Crippen molar-refractivity contribution in [3.8, 4) is 0 Å². The van der Waals surface area contributed by atoms with Crippen LogP contribution in [0.3, 0.4) is 0 Å². The summed E-state index contributed by atoms with van der Waals surface area (Å²) in [5.74, 6) is -0.232. The maximum absolute atomic E-state index is 14.3. The van der Waals surface area contributed by atoms with Crippen LogP contribution >= 0.6 is 7.26 Å². The Kier molecular flexibility index (Phi) is 6.47. The molecule has 1 fully saturated rings. The van der Waals surface area contributed by atoms with Crippen LogP contribution in [0.2, 0.25) is 0 Å². The van der Waals surface area contributed by atoms with E-state index in [0.29, 0.717) is 0 Å². The number of amides is 2. The van der Waals surface area contributed by atoms with E-state index < -0.39 is 25.0 Å². The zero-order valence-electron chi connectivity index (χ0n) is 20.5. The molecule has 36 heavy (non-hydrogen) atoms. The first-order chi connectivity index (χ1) is 17.4. The maximum atomic E-state index is 14.3. The second-order valence-corrected chi connectivity index (χ2v) is 13.0. The molecule has 0 N–H and O–H groups in total. The number of carbonyl (C=O) groups excluding carboxylic acids is 2. The van der Waals surface area contributed by atoms with Gasteiger partial charge in [-0.3, -0.25) is 4.79 Å². The Labute approximate surface area is 212 Å². The average Bonchev–Trinajstić information content (AvgIpc) is 3.17. The molecule has 1 aliphatic rings. The smallest absolute Gasteiger partial charge is 0.417 e. The maximum Gasteiger partial charge on any atom is 0.417 e. The minimum atomic E-state index is -2.45. The Hall–Kier alpha value is -3.75. The van der Waals surface area contributed by atoms with Crippen LogP contribution < -0.4 is 15.9 Å². The fourth-order valence-electron chi connectivity index (χ4n) is 5.23. The first-order valence-corrected chi connectivity index (χ1v) is 14.1. The average molecular weight is 495 g/mol. The lowest BCUT2D eigenvalue weighted by Gasteiger charge is -2.31. The van der Waals surface area contributed by atoms with Crippen molar-refractivity contribution >= 4 is 35.2 Å². The van der Waals surface area contributed by atoms with Crippen LogP contribution in [0.1, 0.15) is 25.5 Å². The first kappa shape index (κ1) is 24.0. The molecule has 0 bridgehead atoms. The van der Waals surface area contributed by atoms with Crippen molar-refractivity contribution in [1.29, 1.82) is 0 Å². The highest BCUT2D eigenvalue weighted by Gasteiger charge is 2.55. The van der Waals surface area contributed by atoms with Gasteiger partial charge in [-0.15, -0.1) is 0 Å². The summed E-state index contributed by atoms with van der Waals surface area (Å²) < 4.78 is 5.76. The zero-order chi connectivity index (χ0) is 25.2. The van der Waals surface area contributed by atoms with E-state index in [1.807, 2.05) is 98.8 Å². The predicted octanol–water partition coefficient (Wildman–Crippen LogP) is 5.48. The molecule has 2 amide bonds. The van der Waals surface area contributed by atoms with E-state index in [9.17, 15) is 9.59 Å². The number of hydrogen-bond donors (Lipinski definition) is 0. The molecular weight excluding hydrogens is 465 g/mol. The van der Waals surface area contributed by atoms with Crippen molar-refractivity contribution in [1.82, 2.24) is 4.90 Å². The van der Waals surface area contributed by atoms with E-state index in [4.69, 9.17) is 4.74 Å². The molecule has 0 saturated carbocycles. The van der Waals surface area contributed by atoms with Crippen LogP contribution in [0.5, 0.6) is 0 Å². The molecule has 1 saturated heterocycles. The largest absolute Gasteiger partial charge is 0.440 e. The van der Waals surface area contributed by atoms with Gasteiger partial charge in [-0.05, 0) is 55.8 Å². The van der Waals surface area contributed by atoms with Gasteiger partial charge in [0.1, 0.15) is 34.8 Å². The first-order valence-electron chi connectivity index (χ1n) is 12.1. The minimum Gasteiger partial charge on any atom is -0.440 e. The summed E-state index contributed by atoms with van der Waals surface area (Å²) >= 11 is 0. The lowest BCUT2D eigenvalue weighted by molar-refractivity contribution is -0.127. The number of carbonyl (C=O) groups is 2. The molecule has 0 spiro atoms. The van der Waals surface area contributed by atoms with Crippen molar-refractivity contribution in [3.63, 3.8) is 0 Å². The fraction of sp³-hybridized carbons (Fsp3) is 0.161. The third-order valence-corrected chi connectivity index (χ3v) is 11.1. The highest BCUT2D eigenvalue weighted by atomic mass is 31.2. The molecule has 0 unspecified atom stereocenters. The summed E-state index contributed by atoms with van der Waals surface area (Å²) in [5.41, 5.74) is 0.0336. The molecule has 4 aromatic rings. The van der Waals surface area contributed by atoms with Crippen LogP contribution in [0.4, 0.5) is 4.79 Å². The topological polar surface area (TPSA) is 46.6 Å². The van der Waals surface area contributed by atoms with Gasteiger partial charge in [0.25, 0.3) is 5.91 Å². The molecule has 5 rings (SSSR count). The molecular formula is C31H29NO3P+. The number of hydrogen-bond acceptors (Lipinski definition) is 3. The quantitative estimate of drug-likeness (QED) is 0.334. The molecule has 0 aliphatic carbocycles. The van der Waals surface area contributed by atoms with Crippen LogP contribution in [0, 0.1) is 0 Å². The van der Waals surface area contributed by atoms with Gasteiger partial charge in [0.2, 0.25) is 0 Å². The highest BCUT2D eigenvalue weighted by Crippen LogP contribution is 2.56. The Balaban J connectivity index is 1.67. The summed E-state index contributed by atoms with van der Waals surface area (Å²) in [6.07, 6.45) is -0.411. The third kappa shape index (κ3) is 4.23. The lowest BCUT2D eigenvalue weighted by atomic mass is 9.91. The molecule has 1 heterocycles. The summed E-state index contributed by atoms with van der Waals surface area (Å²) in [6, 6.07) is 39.8. The second kappa shape index (κ2) is 9.72. The van der Waals surface area contributed by atoms with Gasteiger partial charge in [-0.25, -0.2) is 9.69 Å². The summed E-state index contributed by atoms with van der Waals surface area (Å²) in [7, 11) is -2.45. The predicted molar refractivity (Wildman–Crippen MR) is 147 cm³/mol. The normalized spacial score (nSPS) is 17.0. The monoisotopic (exact) mass is 494 g/mol. The van der Waals surface area contributed by atoms with Crippen molar-refractivity contribution in [2.75, 3.05) is 6.16 Å². The lowest BCUT2D eigenvalue weighted by Crippen LogP contribution is -2.44. The molecule has 4 aromatic carbocycles. The molecule has 4 nitrogen and oxygen atoms in total. The van der Waals surface area contributed by atoms with Crippen molar-refractivity contribution < 1.29 is 14.3 Å². The number of rotatable bonds is 6. The highest BCUT2D eigenvalue weighted by molar-refractivity contribution is 7.96.